The molecule has 3 aromatic heterocycles. The predicted octanol–water partition coefficient (Wildman–Crippen LogP) is 7.08. The number of amides is 2. The number of hydrogen-bond acceptors (Lipinski definition) is 6. The van der Waals surface area contributed by atoms with Gasteiger partial charge < -0.3 is 14.2 Å². The topological polar surface area (TPSA) is 89.3 Å². The summed E-state index contributed by atoms with van der Waals surface area (Å²) in [7, 11) is 3.41. The molecular weight excluding hydrogens is 558 g/mol. The summed E-state index contributed by atoms with van der Waals surface area (Å²) in [6.45, 7) is 0.413. The van der Waals surface area contributed by atoms with Gasteiger partial charge in [0.1, 0.15) is 6.10 Å². The Kier molecular flexibility index (Phi) is 8.08. The molecular formula is C34H29N5O3S. The maximum Gasteiger partial charge on any atom is 0.268 e. The average molecular weight is 588 g/mol. The third-order valence-corrected chi connectivity index (χ3v) is 8.38. The summed E-state index contributed by atoms with van der Waals surface area (Å²) in [5, 5.41) is 3.03. The number of pyridine rings is 1. The molecule has 1 atom stereocenters. The standard InChI is InChI=1S/C34H29N5O3S/c1-38(33(41)24-12-7-4-8-13-24)26-15-16-28-27(20-26)36-34(39(28)22-29(42-2)23-10-5-3-6-11-23)37-32(40)31-18-17-30(43-31)25-14-9-19-35-21-25/h3-21,29H,22H2,1-2H3,(H,36,37,40)/t29-/m0/s1. The third kappa shape index (κ3) is 5.94. The van der Waals surface area contributed by atoms with Crippen LogP contribution in [0.15, 0.2) is 116 Å². The molecule has 6 aromatic rings. The van der Waals surface area contributed by atoms with E-state index in [-0.39, 0.29) is 17.9 Å². The van der Waals surface area contributed by atoms with Crippen LogP contribution in [0.1, 0.15) is 31.7 Å². The molecule has 0 aliphatic carbocycles. The number of hydrogen-bond donors (Lipinski definition) is 1. The molecule has 3 aromatic carbocycles. The Bertz CT molecular complexity index is 1870. The lowest BCUT2D eigenvalue weighted by Crippen LogP contribution is -2.26. The summed E-state index contributed by atoms with van der Waals surface area (Å²) >= 11 is 1.39. The van der Waals surface area contributed by atoms with Crippen molar-refractivity contribution in [2.45, 2.75) is 12.6 Å². The van der Waals surface area contributed by atoms with Crippen molar-refractivity contribution in [3.05, 3.63) is 132 Å². The van der Waals surface area contributed by atoms with Crippen LogP contribution in [0.4, 0.5) is 11.6 Å². The van der Waals surface area contributed by atoms with Gasteiger partial charge in [0.05, 0.1) is 22.5 Å². The monoisotopic (exact) mass is 587 g/mol. The van der Waals surface area contributed by atoms with Gasteiger partial charge in [0.25, 0.3) is 11.8 Å². The maximum absolute atomic E-state index is 13.5. The maximum atomic E-state index is 13.5. The van der Waals surface area contributed by atoms with Crippen molar-refractivity contribution in [2.24, 2.45) is 0 Å². The van der Waals surface area contributed by atoms with Crippen LogP contribution in [-0.2, 0) is 11.3 Å². The van der Waals surface area contributed by atoms with E-state index < -0.39 is 0 Å². The number of fused-ring (bicyclic) bond motifs is 1. The van der Waals surface area contributed by atoms with Gasteiger partial charge in [-0.25, -0.2) is 4.98 Å². The van der Waals surface area contributed by atoms with Crippen LogP contribution in [0.25, 0.3) is 21.5 Å². The van der Waals surface area contributed by atoms with E-state index in [4.69, 9.17) is 9.72 Å². The lowest BCUT2D eigenvalue weighted by atomic mass is 10.1. The normalized spacial score (nSPS) is 11.8. The number of anilines is 2. The number of rotatable bonds is 9. The molecule has 0 spiro atoms. The molecule has 9 heteroatoms. The van der Waals surface area contributed by atoms with Gasteiger partial charge in [-0.3, -0.25) is 19.9 Å². The first-order chi connectivity index (χ1) is 21.0. The van der Waals surface area contributed by atoms with Crippen LogP contribution >= 0.6 is 11.3 Å². The molecule has 0 saturated heterocycles. The zero-order valence-corrected chi connectivity index (χ0v) is 24.5. The molecule has 1 N–H and O–H groups in total. The number of ether oxygens (including phenoxy) is 1. The van der Waals surface area contributed by atoms with Gasteiger partial charge in [0, 0.05) is 48.2 Å². The smallest absolute Gasteiger partial charge is 0.268 e. The first-order valence-corrected chi connectivity index (χ1v) is 14.6. The lowest BCUT2D eigenvalue weighted by molar-refractivity contribution is 0.0890. The Labute approximate surface area is 253 Å². The van der Waals surface area contributed by atoms with E-state index in [1.54, 1.807) is 49.7 Å². The highest BCUT2D eigenvalue weighted by Gasteiger charge is 2.22. The molecule has 0 bridgehead atoms. The van der Waals surface area contributed by atoms with E-state index >= 15 is 0 Å². The molecule has 0 saturated carbocycles. The molecule has 8 nitrogen and oxygen atoms in total. The lowest BCUT2D eigenvalue weighted by Gasteiger charge is -2.19. The van der Waals surface area contributed by atoms with Crippen LogP contribution < -0.4 is 10.2 Å². The van der Waals surface area contributed by atoms with Gasteiger partial charge >= 0.3 is 0 Å². The molecule has 0 radical (unpaired) electrons. The molecule has 43 heavy (non-hydrogen) atoms. The van der Waals surface area contributed by atoms with Crippen molar-refractivity contribution in [2.75, 3.05) is 24.4 Å². The van der Waals surface area contributed by atoms with E-state index in [2.05, 4.69) is 10.3 Å². The molecule has 2 amide bonds. The van der Waals surface area contributed by atoms with Crippen molar-refractivity contribution in [1.29, 1.82) is 0 Å². The van der Waals surface area contributed by atoms with Crippen molar-refractivity contribution < 1.29 is 14.3 Å². The molecule has 0 aliphatic rings. The molecule has 6 rings (SSSR count). The van der Waals surface area contributed by atoms with Crippen molar-refractivity contribution in [3.8, 4) is 10.4 Å². The van der Waals surface area contributed by atoms with Crippen LogP contribution in [0.2, 0.25) is 0 Å². The van der Waals surface area contributed by atoms with E-state index in [0.717, 1.165) is 21.5 Å². The molecule has 0 aliphatic heterocycles. The fraction of sp³-hybridized carbons (Fsp3) is 0.118. The van der Waals surface area contributed by atoms with Crippen LogP contribution in [0.3, 0.4) is 0 Å². The van der Waals surface area contributed by atoms with E-state index in [9.17, 15) is 9.59 Å². The van der Waals surface area contributed by atoms with Crippen LogP contribution in [0, 0.1) is 0 Å². The summed E-state index contributed by atoms with van der Waals surface area (Å²) in [5.74, 6) is 0.00372. The minimum absolute atomic E-state index is 0.126. The summed E-state index contributed by atoms with van der Waals surface area (Å²) < 4.78 is 7.83. The number of nitrogens with zero attached hydrogens (tertiary/aromatic N) is 4. The van der Waals surface area contributed by atoms with E-state index in [0.29, 0.717) is 34.1 Å². The van der Waals surface area contributed by atoms with Gasteiger partial charge in [-0.2, -0.15) is 0 Å². The third-order valence-electron chi connectivity index (χ3n) is 7.25. The molecule has 3 heterocycles. The van der Waals surface area contributed by atoms with Gasteiger partial charge in [0.15, 0.2) is 0 Å². The Balaban J connectivity index is 1.35. The second-order valence-corrected chi connectivity index (χ2v) is 11.0. The number of imidazole rings is 1. The quantitative estimate of drug-likeness (QED) is 0.195. The number of nitrogens with one attached hydrogen (secondary N) is 1. The summed E-state index contributed by atoms with van der Waals surface area (Å²) in [6.07, 6.45) is 3.22. The van der Waals surface area contributed by atoms with Crippen molar-refractivity contribution >= 4 is 45.8 Å². The number of methoxy groups -OCH3 is 1. The summed E-state index contributed by atoms with van der Waals surface area (Å²) in [5.41, 5.74) is 4.69. The number of carbonyl (C=O) groups is 2. The molecule has 0 unspecified atom stereocenters. The number of thiophene rings is 1. The second-order valence-electron chi connectivity index (χ2n) is 9.94. The fourth-order valence-corrected chi connectivity index (χ4v) is 5.83. The molecule has 0 fully saturated rings. The Hall–Kier alpha value is -5.12. The summed E-state index contributed by atoms with van der Waals surface area (Å²) in [4.78, 5) is 38.7. The number of benzene rings is 3. The first-order valence-electron chi connectivity index (χ1n) is 13.7. The van der Waals surface area contributed by atoms with Gasteiger partial charge in [-0.15, -0.1) is 11.3 Å². The SMILES string of the molecule is CO[C@@H](Cn1c(NC(=O)c2ccc(-c3cccnc3)s2)nc2cc(N(C)C(=O)c3ccccc3)ccc21)c1ccccc1. The Morgan fingerprint density at radius 1 is 0.953 bits per heavy atom. The fourth-order valence-electron chi connectivity index (χ4n) is 4.93. The van der Waals surface area contributed by atoms with Crippen LogP contribution in [0.5, 0.6) is 0 Å². The summed E-state index contributed by atoms with van der Waals surface area (Å²) in [6, 6.07) is 32.3. The number of carbonyl (C=O) groups excluding carboxylic acids is 2. The zero-order chi connectivity index (χ0) is 29.8. The second kappa shape index (κ2) is 12.4. The van der Waals surface area contributed by atoms with Crippen molar-refractivity contribution in [1.82, 2.24) is 14.5 Å². The largest absolute Gasteiger partial charge is 0.375 e. The first kappa shape index (κ1) is 28.0. The Morgan fingerprint density at radius 3 is 2.44 bits per heavy atom. The highest BCUT2D eigenvalue weighted by atomic mass is 32.1. The van der Waals surface area contributed by atoms with E-state index in [1.807, 2.05) is 89.5 Å². The predicted molar refractivity (Wildman–Crippen MR) is 171 cm³/mol. The minimum atomic E-state index is -0.282. The van der Waals surface area contributed by atoms with Crippen molar-refractivity contribution in [3.63, 3.8) is 0 Å². The number of aromatic nitrogens is 3. The highest BCUT2D eigenvalue weighted by molar-refractivity contribution is 7.17. The van der Waals surface area contributed by atoms with Crippen LogP contribution in [-0.4, -0.2) is 40.5 Å². The van der Waals surface area contributed by atoms with Gasteiger partial charge in [0.2, 0.25) is 5.95 Å². The zero-order valence-electron chi connectivity index (χ0n) is 23.7. The molecule has 214 valence electrons. The average Bonchev–Trinajstić information content (AvgIpc) is 3.69. The van der Waals surface area contributed by atoms with E-state index in [1.165, 1.54) is 11.3 Å². The minimum Gasteiger partial charge on any atom is -0.375 e. The Morgan fingerprint density at radius 2 is 1.72 bits per heavy atom. The highest BCUT2D eigenvalue weighted by Crippen LogP contribution is 2.31. The van der Waals surface area contributed by atoms with Gasteiger partial charge in [-0.05, 0) is 54.1 Å². The van der Waals surface area contributed by atoms with Gasteiger partial charge in [-0.1, -0.05) is 54.6 Å².